The molecule has 0 atom stereocenters. The molecule has 0 aliphatic carbocycles. The Hall–Kier alpha value is -1.35. The second-order valence-corrected chi connectivity index (χ2v) is 7.80. The van der Waals surface area contributed by atoms with Crippen molar-refractivity contribution in [3.05, 3.63) is 0 Å². The monoisotopic (exact) mass is 361 g/mol. The molecule has 0 radical (unpaired) electrons. The highest BCUT2D eigenvalue weighted by Crippen LogP contribution is 2.07. The van der Waals surface area contributed by atoms with Crippen LogP contribution in [0, 0.1) is 0 Å². The average molecular weight is 362 g/mol. The predicted molar refractivity (Wildman–Crippen MR) is 96.5 cm³/mol. The van der Waals surface area contributed by atoms with Gasteiger partial charge in [-0.05, 0) is 26.2 Å². The van der Waals surface area contributed by atoms with E-state index >= 15 is 0 Å². The quantitative estimate of drug-likeness (QED) is 0.338. The van der Waals surface area contributed by atoms with Gasteiger partial charge in [0.15, 0.2) is 5.96 Å². The maximum Gasteiger partial charge on any atom is 0.244 e. The molecule has 24 heavy (non-hydrogen) atoms. The number of amides is 1. The smallest absolute Gasteiger partial charge is 0.244 e. The number of likely N-dealkylation sites (tertiary alicyclic amines) is 1. The fraction of sp³-hybridized carbons (Fsp3) is 0.867. The Bertz CT molecular complexity index is 515. The first-order chi connectivity index (χ1) is 11.4. The molecular weight excluding hydrogens is 330 g/mol. The molecule has 2 N–H and O–H groups in total. The van der Waals surface area contributed by atoms with Gasteiger partial charge < -0.3 is 15.5 Å². The van der Waals surface area contributed by atoms with Crippen LogP contribution in [0.2, 0.25) is 0 Å². The molecule has 8 nitrogen and oxygen atoms in total. The van der Waals surface area contributed by atoms with Gasteiger partial charge in [-0.25, -0.2) is 17.7 Å². The third kappa shape index (κ3) is 7.48. The van der Waals surface area contributed by atoms with Gasteiger partial charge in [-0.3, -0.25) is 4.79 Å². The van der Waals surface area contributed by atoms with Gasteiger partial charge >= 0.3 is 0 Å². The van der Waals surface area contributed by atoms with Crippen molar-refractivity contribution in [1.29, 1.82) is 0 Å². The summed E-state index contributed by atoms with van der Waals surface area (Å²) in [5.74, 6) is 0.645. The molecule has 0 spiro atoms. The molecular formula is C15H31N5O3S. The van der Waals surface area contributed by atoms with Gasteiger partial charge in [-0.15, -0.1) is 0 Å². The molecule has 1 rings (SSSR count). The molecule has 0 unspecified atom stereocenters. The highest BCUT2D eigenvalue weighted by atomic mass is 32.2. The van der Waals surface area contributed by atoms with E-state index in [2.05, 4.69) is 15.6 Å². The Labute approximate surface area is 145 Å². The number of nitrogens with one attached hydrogen (secondary N) is 2. The van der Waals surface area contributed by atoms with Gasteiger partial charge in [-0.1, -0.05) is 6.92 Å². The van der Waals surface area contributed by atoms with Gasteiger partial charge in [0.1, 0.15) is 6.54 Å². The van der Waals surface area contributed by atoms with E-state index in [0.717, 1.165) is 25.9 Å². The van der Waals surface area contributed by atoms with Crippen LogP contribution >= 0.6 is 0 Å². The summed E-state index contributed by atoms with van der Waals surface area (Å²) in [4.78, 5) is 18.2. The van der Waals surface area contributed by atoms with Crippen LogP contribution in [0.5, 0.6) is 0 Å². The van der Waals surface area contributed by atoms with E-state index in [-0.39, 0.29) is 12.5 Å². The molecule has 1 heterocycles. The van der Waals surface area contributed by atoms with Crippen molar-refractivity contribution in [2.75, 3.05) is 52.1 Å². The van der Waals surface area contributed by atoms with Gasteiger partial charge in [-0.2, -0.15) is 0 Å². The van der Waals surface area contributed by atoms with Crippen molar-refractivity contribution in [3.8, 4) is 0 Å². The van der Waals surface area contributed by atoms with Crippen LogP contribution in [-0.4, -0.2) is 81.6 Å². The lowest BCUT2D eigenvalue weighted by Crippen LogP contribution is -2.40. The third-order valence-electron chi connectivity index (χ3n) is 3.87. The number of sulfonamides is 1. The first kappa shape index (κ1) is 20.7. The minimum Gasteiger partial charge on any atom is -0.357 e. The summed E-state index contributed by atoms with van der Waals surface area (Å²) in [6.45, 7) is 7.81. The zero-order valence-corrected chi connectivity index (χ0v) is 15.9. The van der Waals surface area contributed by atoms with Crippen molar-refractivity contribution in [1.82, 2.24) is 19.8 Å². The van der Waals surface area contributed by atoms with Crippen LogP contribution in [0.25, 0.3) is 0 Å². The Morgan fingerprint density at radius 2 is 1.88 bits per heavy atom. The fourth-order valence-corrected chi connectivity index (χ4v) is 3.51. The highest BCUT2D eigenvalue weighted by molar-refractivity contribution is 7.88. The summed E-state index contributed by atoms with van der Waals surface area (Å²) in [5, 5.41) is 6.24. The first-order valence-corrected chi connectivity index (χ1v) is 10.5. The second-order valence-electron chi connectivity index (χ2n) is 5.82. The molecule has 0 bridgehead atoms. The average Bonchev–Trinajstić information content (AvgIpc) is 3.05. The van der Waals surface area contributed by atoms with E-state index in [9.17, 15) is 13.2 Å². The topological polar surface area (TPSA) is 94.1 Å². The number of hydrogen-bond donors (Lipinski definition) is 2. The number of hydrogen-bond acceptors (Lipinski definition) is 4. The number of carbonyl (C=O) groups is 1. The Balaban J connectivity index is 2.39. The zero-order chi connectivity index (χ0) is 18.0. The summed E-state index contributed by atoms with van der Waals surface area (Å²) in [6, 6.07) is 0. The number of guanidine groups is 1. The molecule has 1 saturated heterocycles. The van der Waals surface area contributed by atoms with Gasteiger partial charge in [0, 0.05) is 39.3 Å². The summed E-state index contributed by atoms with van der Waals surface area (Å²) in [6.07, 6.45) is 4.04. The van der Waals surface area contributed by atoms with Crippen molar-refractivity contribution < 1.29 is 13.2 Å². The lowest BCUT2D eigenvalue weighted by atomic mass is 10.4. The molecule has 0 aromatic carbocycles. The third-order valence-corrected chi connectivity index (χ3v) is 5.25. The minimum atomic E-state index is -3.15. The van der Waals surface area contributed by atoms with Crippen LogP contribution in [0.3, 0.4) is 0 Å². The summed E-state index contributed by atoms with van der Waals surface area (Å²) < 4.78 is 24.5. The van der Waals surface area contributed by atoms with Gasteiger partial charge in [0.25, 0.3) is 0 Å². The molecule has 1 fully saturated rings. The van der Waals surface area contributed by atoms with E-state index in [0.29, 0.717) is 38.6 Å². The summed E-state index contributed by atoms with van der Waals surface area (Å²) >= 11 is 0. The van der Waals surface area contributed by atoms with E-state index in [4.69, 9.17) is 0 Å². The molecule has 0 saturated carbocycles. The highest BCUT2D eigenvalue weighted by Gasteiger charge is 2.17. The normalized spacial score (nSPS) is 15.8. The largest absolute Gasteiger partial charge is 0.357 e. The lowest BCUT2D eigenvalue weighted by molar-refractivity contribution is -0.128. The maximum atomic E-state index is 12.0. The predicted octanol–water partition coefficient (Wildman–Crippen LogP) is -0.164. The molecule has 9 heteroatoms. The van der Waals surface area contributed by atoms with Crippen LogP contribution < -0.4 is 10.6 Å². The number of carbonyl (C=O) groups excluding carboxylic acids is 1. The Kier molecular flexibility index (Phi) is 9.05. The van der Waals surface area contributed by atoms with Crippen LogP contribution in [-0.2, 0) is 14.8 Å². The van der Waals surface area contributed by atoms with Crippen LogP contribution in [0.15, 0.2) is 4.99 Å². The molecule has 1 aliphatic heterocycles. The number of rotatable bonds is 9. The SMILES string of the molecule is CCNC(=NCC(=O)N1CCCC1)NCCCN(CC)S(C)(=O)=O. The zero-order valence-electron chi connectivity index (χ0n) is 15.0. The fourth-order valence-electron chi connectivity index (χ4n) is 2.58. The molecule has 1 amide bonds. The number of nitrogens with zero attached hydrogens (tertiary/aromatic N) is 3. The van der Waals surface area contributed by atoms with Crippen molar-refractivity contribution in [2.45, 2.75) is 33.1 Å². The van der Waals surface area contributed by atoms with Crippen molar-refractivity contribution >= 4 is 21.9 Å². The number of aliphatic imine (C=N–C) groups is 1. The van der Waals surface area contributed by atoms with E-state index in [1.807, 2.05) is 18.7 Å². The molecule has 140 valence electrons. The minimum absolute atomic E-state index is 0.0546. The van der Waals surface area contributed by atoms with Crippen LogP contribution in [0.4, 0.5) is 0 Å². The maximum absolute atomic E-state index is 12.0. The molecule has 0 aromatic heterocycles. The van der Waals surface area contributed by atoms with Crippen molar-refractivity contribution in [3.63, 3.8) is 0 Å². The van der Waals surface area contributed by atoms with Crippen molar-refractivity contribution in [2.24, 2.45) is 4.99 Å². The Morgan fingerprint density at radius 1 is 1.21 bits per heavy atom. The lowest BCUT2D eigenvalue weighted by Gasteiger charge is -2.18. The molecule has 0 aromatic rings. The standard InChI is InChI=1S/C15H31N5O3S/c1-4-16-15(18-13-14(21)19-10-6-7-11-19)17-9-8-12-20(5-2)24(3,22)23/h4-13H2,1-3H3,(H2,16,17,18). The van der Waals surface area contributed by atoms with Crippen LogP contribution in [0.1, 0.15) is 33.1 Å². The second kappa shape index (κ2) is 10.5. The van der Waals surface area contributed by atoms with E-state index < -0.39 is 10.0 Å². The van der Waals surface area contributed by atoms with Gasteiger partial charge in [0.2, 0.25) is 15.9 Å². The Morgan fingerprint density at radius 3 is 2.42 bits per heavy atom. The summed E-state index contributed by atoms with van der Waals surface area (Å²) in [5.41, 5.74) is 0. The van der Waals surface area contributed by atoms with E-state index in [1.54, 1.807) is 0 Å². The summed E-state index contributed by atoms with van der Waals surface area (Å²) in [7, 11) is -3.15. The first-order valence-electron chi connectivity index (χ1n) is 8.63. The van der Waals surface area contributed by atoms with E-state index in [1.165, 1.54) is 10.6 Å². The van der Waals surface area contributed by atoms with Gasteiger partial charge in [0.05, 0.1) is 6.26 Å². The molecule has 1 aliphatic rings.